The number of carbonyl (C=O) groups is 7. The molecule has 15 fully saturated rings. The number of amides is 2. The van der Waals surface area contributed by atoms with Crippen LogP contribution in [0.4, 0.5) is 0 Å². The van der Waals surface area contributed by atoms with Gasteiger partial charge in [-0.25, -0.2) is 59.4 Å². The van der Waals surface area contributed by atoms with Gasteiger partial charge in [-0.05, 0) is 206 Å². The molecule has 0 spiro atoms. The zero-order valence-corrected chi connectivity index (χ0v) is 85.8. The molecule has 2 amide bonds. The summed E-state index contributed by atoms with van der Waals surface area (Å²) >= 11 is 5.55. The maximum absolute atomic E-state index is 12.6. The number of fused-ring (bicyclic) bond motifs is 4. The van der Waals surface area contributed by atoms with E-state index in [4.69, 9.17) is 31.1 Å². The normalized spacial score (nSPS) is 23.7. The molecule has 15 aliphatic rings. The van der Waals surface area contributed by atoms with Crippen LogP contribution in [0, 0.1) is 57.3 Å². The van der Waals surface area contributed by atoms with Crippen LogP contribution in [-0.2, 0) is 56.9 Å². The number of aromatic nitrogens is 14. The number of hydrogen-bond donors (Lipinski definition) is 3. The Bertz CT molecular complexity index is 5010. The average Bonchev–Trinajstić information content (AvgIpc) is 1.40. The van der Waals surface area contributed by atoms with E-state index in [9.17, 15) is 38.1 Å². The van der Waals surface area contributed by atoms with Crippen LogP contribution in [0.3, 0.4) is 0 Å². The molecule has 0 aromatic carbocycles. The van der Waals surface area contributed by atoms with Crippen LogP contribution in [0.1, 0.15) is 202 Å². The maximum Gasteiger partial charge on any atom is 1.00 e. The predicted octanol–water partition coefficient (Wildman–Crippen LogP) is 0.979. The van der Waals surface area contributed by atoms with Crippen molar-refractivity contribution in [2.75, 3.05) is 68.3 Å². The van der Waals surface area contributed by atoms with Crippen LogP contribution in [0.5, 0.6) is 0 Å². The van der Waals surface area contributed by atoms with Crippen molar-refractivity contribution in [2.24, 2.45) is 29.6 Å². The number of nitrogens with one attached hydrogen (secondary N) is 2. The number of aldehydes is 1. The average molecular weight is 1950 g/mol. The van der Waals surface area contributed by atoms with Crippen molar-refractivity contribution in [3.63, 3.8) is 0 Å². The number of hydrogen-bond acceptors (Lipinski definition) is 25. The Morgan fingerprint density at radius 3 is 1.16 bits per heavy atom. The summed E-state index contributed by atoms with van der Waals surface area (Å²) in [5, 5.41) is 27.9. The smallest absolute Gasteiger partial charge is 1.00 e. The molecule has 15 saturated carbocycles. The van der Waals surface area contributed by atoms with E-state index in [1.807, 2.05) is 77.7 Å². The molecule has 0 aliphatic heterocycles. The first-order valence-corrected chi connectivity index (χ1v) is 38.7. The summed E-state index contributed by atoms with van der Waals surface area (Å²) in [6, 6.07) is 7.36. The van der Waals surface area contributed by atoms with Gasteiger partial charge >= 0.3 is 185 Å². The molecule has 32 nitrogen and oxygen atoms in total. The van der Waals surface area contributed by atoms with E-state index in [0.29, 0.717) is 71.0 Å². The van der Waals surface area contributed by atoms with Crippen molar-refractivity contribution in [1.82, 2.24) is 88.5 Å². The third kappa shape index (κ3) is 21.5. The molecule has 9 aromatic rings. The van der Waals surface area contributed by atoms with Gasteiger partial charge in [0.25, 0.3) is 18.3 Å². The van der Waals surface area contributed by atoms with Gasteiger partial charge < -0.3 is 70.3 Å². The van der Waals surface area contributed by atoms with Gasteiger partial charge in [0.2, 0.25) is 5.16 Å². The SMILES string of the molecule is C.C.CCOC(=O)CNC12CC(C1)C2.CCOC(=O)c1cc2cnc(C)nc2n1C12CC(C1)C2.CN(C)C(=O)c1cc2cnc(S(C)=O)nc2n1C12CC(C1)C2.CNC.Cc1ncc(C=O)c(Cl)n1.Cc1ncc2cc(C(=O)N(C)C)n(C34CC(C3)C4)c2n1.Cc1ncc2cc(C(=O)O)n(C34CC(C3)C4)c2n1.Cl.Cl.O=CO[O-].[Cs+].[Cs+].[H-].[Na+].[OH-]. The summed E-state index contributed by atoms with van der Waals surface area (Å²) in [6.45, 7) is 12.1. The van der Waals surface area contributed by atoms with Gasteiger partial charge in [0.15, 0.2) is 6.29 Å². The Hall–Kier alpha value is -3.99. The second-order valence-electron chi connectivity index (χ2n) is 31.1. The fourth-order valence-corrected chi connectivity index (χ4v) is 17.7. The van der Waals surface area contributed by atoms with Gasteiger partial charge in [-0.2, -0.15) is 0 Å². The minimum atomic E-state index is -1.23. The minimum absolute atomic E-state index is 0. The number of ether oxygens (including phenoxy) is 2. The molecule has 39 heteroatoms. The number of carbonyl (C=O) groups excluding carboxylic acids is 6. The van der Waals surface area contributed by atoms with E-state index in [-0.39, 0.29) is 271 Å². The summed E-state index contributed by atoms with van der Waals surface area (Å²) in [6.07, 6.45) is 28.1. The Balaban J connectivity index is 0.000000360. The minimum Gasteiger partial charge on any atom is -1.00 e. The first-order valence-electron chi connectivity index (χ1n) is 36.7. The van der Waals surface area contributed by atoms with Gasteiger partial charge in [-0.1, -0.05) is 26.5 Å². The van der Waals surface area contributed by atoms with E-state index in [2.05, 4.69) is 79.1 Å². The molecule has 622 valence electrons. The summed E-state index contributed by atoms with van der Waals surface area (Å²) in [5.41, 5.74) is 6.68. The van der Waals surface area contributed by atoms with Crippen molar-refractivity contribution in [2.45, 2.75) is 186 Å². The van der Waals surface area contributed by atoms with Crippen molar-refractivity contribution >= 4 is 134 Å². The Labute approximate surface area is 842 Å². The van der Waals surface area contributed by atoms with Crippen molar-refractivity contribution < 1.29 is 237 Å². The number of halogens is 3. The molecular weight excluding hydrogens is 1840 g/mol. The molecule has 9 aromatic heterocycles. The number of nitrogens with zero attached hydrogens (tertiary/aromatic N) is 16. The van der Waals surface area contributed by atoms with Crippen LogP contribution in [-0.4, -0.2) is 209 Å². The van der Waals surface area contributed by atoms with E-state index in [0.717, 1.165) is 149 Å². The summed E-state index contributed by atoms with van der Waals surface area (Å²) in [7, 11) is 9.62. The second kappa shape index (κ2) is 43.6. The first kappa shape index (κ1) is 105. The molecule has 24 rings (SSSR count). The number of rotatable bonds is 16. The molecule has 9 heterocycles. The number of carboxylic acid groups (broad SMARTS) is 1. The van der Waals surface area contributed by atoms with Gasteiger partial charge in [-0.3, -0.25) is 28.2 Å². The maximum atomic E-state index is 12.6. The topological polar surface area (TPSA) is 417 Å². The van der Waals surface area contributed by atoms with E-state index < -0.39 is 16.8 Å². The van der Waals surface area contributed by atoms with E-state index in [1.165, 1.54) is 44.7 Å². The Morgan fingerprint density at radius 1 is 0.564 bits per heavy atom. The monoisotopic (exact) mass is 1940 g/mol. The van der Waals surface area contributed by atoms with Crippen molar-refractivity contribution in [1.29, 1.82) is 0 Å². The molecule has 15 aliphatic carbocycles. The quantitative estimate of drug-likeness (QED) is 0.0231. The van der Waals surface area contributed by atoms with Crippen molar-refractivity contribution in [3.05, 3.63) is 112 Å². The Kier molecular flexibility index (Phi) is 39.2. The van der Waals surface area contributed by atoms with Gasteiger partial charge in [0.05, 0.1) is 36.1 Å². The van der Waals surface area contributed by atoms with Crippen LogP contribution < -0.4 is 183 Å². The van der Waals surface area contributed by atoms with Crippen LogP contribution >= 0.6 is 36.4 Å². The third-order valence-corrected chi connectivity index (χ3v) is 23.7. The zero-order chi connectivity index (χ0) is 78.4. The van der Waals surface area contributed by atoms with Gasteiger partial charge in [0, 0.05) is 115 Å². The molecular formula is C78H106Cl3Cs2N18NaO14S. The van der Waals surface area contributed by atoms with Gasteiger partial charge in [-0.15, -0.1) is 24.8 Å². The van der Waals surface area contributed by atoms with Gasteiger partial charge in [0.1, 0.15) is 73.8 Å². The summed E-state index contributed by atoms with van der Waals surface area (Å²) < 4.78 is 30.1. The first-order chi connectivity index (χ1) is 51.9. The number of esters is 2. The molecule has 117 heavy (non-hydrogen) atoms. The molecule has 0 saturated heterocycles. The number of aromatic carboxylic acids is 1. The molecule has 0 radical (unpaired) electrons. The zero-order valence-electron chi connectivity index (χ0n) is 69.0. The number of carboxylic acids is 1. The standard InChI is InChI=1S/C15H18N4O2S.C15H18N4O.C15H17N3O2.C13H13N3O2.C9H15NO2.C6H5ClN2O.C2H7N.CH2O3.2CH4.2ClH.2Cs.Na.H2O.H/c1-18(2)13(20)11-4-10-8-16-14(22(3)21)17-12(10)19(11)15-5-9(6-15)7-15;1-9-16-8-11-4-12(14(20)18(2)3)19(13(11)17-9)15-5-10(6-15)7-15;1-3-20-14(19)12-4-11-8-16-9(2)17-13(11)18(12)15-5-10(6-15)7-15;1-7-14-6-9-2-10(12(17)18)16(11(9)15-7)13-3-8(4-13)5-13;1-2-12-8(11)6-10-9-3-7(4-9)5-9;1-4-8-2-5(3-10)6(7)9-4;1-3-2;2-1-4-3;;;;;;;;;/h4,8-9H,5-7H2,1-3H3;4,8,10H,5-7H2,1-3H3;4,8,10H,3,5-7H2,1-2H3;2,6,8H,3-5H2,1H3,(H,17,18);7,10H,2-6H2,1H3;2-3H,1H3;3H,1-2H3;1,3H;2*1H4;2*1H;;;;1H2;/q;;;;;;;;;;;;3*+1;;-1/p-2. The predicted molar refractivity (Wildman–Crippen MR) is 432 cm³/mol. The van der Waals surface area contributed by atoms with Crippen LogP contribution in [0.15, 0.2) is 60.4 Å². The molecule has 10 bridgehead atoms. The molecule has 4 N–H and O–H groups in total. The fourth-order valence-electron chi connectivity index (χ4n) is 17.1. The largest absolute Gasteiger partial charge is 1.00 e. The molecule has 1 atom stereocenters. The summed E-state index contributed by atoms with van der Waals surface area (Å²) in [4.78, 5) is 127. The Morgan fingerprint density at radius 2 is 0.872 bits per heavy atom. The molecule has 1 unspecified atom stereocenters. The summed E-state index contributed by atoms with van der Waals surface area (Å²) in [5.74, 6) is 5.75. The van der Waals surface area contributed by atoms with Crippen LogP contribution in [0.2, 0.25) is 5.15 Å². The fraction of sp³-hybridized carbons (Fsp3) is 0.551. The van der Waals surface area contributed by atoms with Crippen molar-refractivity contribution in [3.8, 4) is 0 Å². The second-order valence-corrected chi connectivity index (χ2v) is 32.7. The van der Waals surface area contributed by atoms with Crippen LogP contribution in [0.25, 0.3) is 44.1 Å². The van der Waals surface area contributed by atoms with E-state index in [1.54, 1.807) is 75.8 Å². The third-order valence-electron chi connectivity index (χ3n) is 22.6. The number of aryl methyl sites for hydroxylation is 4. The van der Waals surface area contributed by atoms with E-state index >= 15 is 0 Å².